The van der Waals surface area contributed by atoms with E-state index in [9.17, 15) is 9.59 Å². The number of amides is 1. The number of nitrogens with zero attached hydrogens (tertiary/aromatic N) is 1. The average molecular weight is 339 g/mol. The van der Waals surface area contributed by atoms with Gasteiger partial charge in [0, 0.05) is 16.9 Å². The van der Waals surface area contributed by atoms with Gasteiger partial charge in [0.1, 0.15) is 5.15 Å². The van der Waals surface area contributed by atoms with E-state index >= 15 is 0 Å². The highest BCUT2D eigenvalue weighted by molar-refractivity contribution is 6.32. The second-order valence-electron chi connectivity index (χ2n) is 4.38. The summed E-state index contributed by atoms with van der Waals surface area (Å²) in [7, 11) is 0. The lowest BCUT2D eigenvalue weighted by Crippen LogP contribution is -2.21. The van der Waals surface area contributed by atoms with Crippen molar-refractivity contribution in [1.82, 2.24) is 4.98 Å². The Morgan fingerprint density at radius 2 is 2.00 bits per heavy atom. The van der Waals surface area contributed by atoms with E-state index in [0.29, 0.717) is 10.7 Å². The van der Waals surface area contributed by atoms with E-state index in [2.05, 4.69) is 10.3 Å². The van der Waals surface area contributed by atoms with Gasteiger partial charge in [-0.15, -0.1) is 0 Å². The molecule has 7 heteroatoms. The first kappa shape index (κ1) is 16.3. The fourth-order valence-corrected chi connectivity index (χ4v) is 2.05. The zero-order valence-corrected chi connectivity index (χ0v) is 13.1. The Balaban J connectivity index is 1.95. The van der Waals surface area contributed by atoms with Crippen LogP contribution in [0.15, 0.2) is 36.5 Å². The topological polar surface area (TPSA) is 68.3 Å². The summed E-state index contributed by atoms with van der Waals surface area (Å²) in [4.78, 5) is 27.4. The first-order chi connectivity index (χ1) is 10.5. The van der Waals surface area contributed by atoms with Crippen LogP contribution in [-0.2, 0) is 9.53 Å². The van der Waals surface area contributed by atoms with E-state index in [1.807, 2.05) is 0 Å². The lowest BCUT2D eigenvalue weighted by molar-refractivity contribution is -0.119. The predicted molar refractivity (Wildman–Crippen MR) is 84.3 cm³/mol. The normalized spacial score (nSPS) is 10.1. The molecule has 0 radical (unpaired) electrons. The Morgan fingerprint density at radius 3 is 2.73 bits per heavy atom. The quantitative estimate of drug-likeness (QED) is 0.684. The number of nitrogens with one attached hydrogen (secondary N) is 1. The van der Waals surface area contributed by atoms with Crippen molar-refractivity contribution in [2.75, 3.05) is 11.9 Å². The zero-order chi connectivity index (χ0) is 16.1. The Bertz CT molecular complexity index is 720. The smallest absolute Gasteiger partial charge is 0.341 e. The maximum absolute atomic E-state index is 11.8. The number of esters is 1. The fraction of sp³-hybridized carbons (Fsp3) is 0.133. The molecule has 1 aromatic carbocycles. The number of rotatable bonds is 4. The average Bonchev–Trinajstić information content (AvgIpc) is 2.50. The van der Waals surface area contributed by atoms with Gasteiger partial charge in [-0.3, -0.25) is 4.79 Å². The molecule has 0 saturated heterocycles. The lowest BCUT2D eigenvalue weighted by atomic mass is 10.2. The van der Waals surface area contributed by atoms with Gasteiger partial charge >= 0.3 is 5.97 Å². The van der Waals surface area contributed by atoms with Crippen molar-refractivity contribution in [3.05, 3.63) is 57.8 Å². The molecule has 0 fully saturated rings. The van der Waals surface area contributed by atoms with Gasteiger partial charge in [0.15, 0.2) is 6.61 Å². The van der Waals surface area contributed by atoms with Crippen molar-refractivity contribution in [1.29, 1.82) is 0 Å². The molecule has 1 aromatic heterocycles. The number of carbonyl (C=O) groups is 2. The van der Waals surface area contributed by atoms with Crippen LogP contribution in [0.5, 0.6) is 0 Å². The predicted octanol–water partition coefficient (Wildman–Crippen LogP) is 3.49. The van der Waals surface area contributed by atoms with Gasteiger partial charge in [-0.1, -0.05) is 29.3 Å². The molecule has 0 aliphatic rings. The van der Waals surface area contributed by atoms with E-state index in [-0.39, 0.29) is 10.7 Å². The van der Waals surface area contributed by atoms with Gasteiger partial charge in [0.2, 0.25) is 0 Å². The highest BCUT2D eigenvalue weighted by atomic mass is 35.5. The van der Waals surface area contributed by atoms with Crippen LogP contribution >= 0.6 is 23.2 Å². The Morgan fingerprint density at radius 1 is 1.23 bits per heavy atom. The number of anilines is 1. The van der Waals surface area contributed by atoms with E-state index < -0.39 is 18.5 Å². The molecular formula is C15H12Cl2N2O3. The molecule has 0 bridgehead atoms. The van der Waals surface area contributed by atoms with Gasteiger partial charge in [-0.05, 0) is 36.8 Å². The zero-order valence-electron chi connectivity index (χ0n) is 11.6. The maximum atomic E-state index is 11.8. The number of halogens is 2. The third-order valence-electron chi connectivity index (χ3n) is 2.86. The van der Waals surface area contributed by atoms with Gasteiger partial charge in [0.25, 0.3) is 5.91 Å². The first-order valence-corrected chi connectivity index (χ1v) is 7.07. The summed E-state index contributed by atoms with van der Waals surface area (Å²) in [5.41, 5.74) is 1.41. The minimum Gasteiger partial charge on any atom is -0.452 e. The van der Waals surface area contributed by atoms with Crippen LogP contribution in [0.1, 0.15) is 15.9 Å². The minimum absolute atomic E-state index is 0.0265. The molecule has 0 saturated carbocycles. The molecule has 5 nitrogen and oxygen atoms in total. The molecule has 0 atom stereocenters. The van der Waals surface area contributed by atoms with Crippen molar-refractivity contribution in [2.24, 2.45) is 0 Å². The van der Waals surface area contributed by atoms with E-state index in [1.54, 1.807) is 31.2 Å². The lowest BCUT2D eigenvalue weighted by Gasteiger charge is -2.10. The van der Waals surface area contributed by atoms with Crippen LogP contribution in [-0.4, -0.2) is 23.5 Å². The Labute approximate surface area is 137 Å². The molecule has 2 rings (SSSR count). The highest BCUT2D eigenvalue weighted by Gasteiger charge is 2.14. The molecule has 1 N–H and O–H groups in total. The first-order valence-electron chi connectivity index (χ1n) is 6.31. The number of hydrogen-bond donors (Lipinski definition) is 1. The summed E-state index contributed by atoms with van der Waals surface area (Å²) in [6, 6.07) is 8.16. The number of ether oxygens (including phenoxy) is 1. The Hall–Kier alpha value is -2.11. The summed E-state index contributed by atoms with van der Waals surface area (Å²) in [5.74, 6) is -1.19. The molecule has 0 unspecified atom stereocenters. The number of carbonyl (C=O) groups excluding carboxylic acids is 2. The van der Waals surface area contributed by atoms with E-state index in [1.165, 1.54) is 12.3 Å². The van der Waals surface area contributed by atoms with Crippen molar-refractivity contribution in [3.8, 4) is 0 Å². The molecule has 0 spiro atoms. The van der Waals surface area contributed by atoms with Gasteiger partial charge < -0.3 is 10.1 Å². The SMILES string of the molecule is Cc1c(Cl)cccc1NC(=O)COC(=O)c1cccnc1Cl. The second kappa shape index (κ2) is 7.24. The van der Waals surface area contributed by atoms with Crippen LogP contribution in [0, 0.1) is 6.92 Å². The third kappa shape index (κ3) is 3.96. The Kier molecular flexibility index (Phi) is 5.35. The molecular weight excluding hydrogens is 327 g/mol. The summed E-state index contributed by atoms with van der Waals surface area (Å²) < 4.78 is 4.90. The van der Waals surface area contributed by atoms with Crippen LogP contribution in [0.25, 0.3) is 0 Å². The molecule has 114 valence electrons. The summed E-state index contributed by atoms with van der Waals surface area (Å²) in [6.07, 6.45) is 1.45. The summed E-state index contributed by atoms with van der Waals surface area (Å²) in [6.45, 7) is 1.34. The number of pyridine rings is 1. The van der Waals surface area contributed by atoms with Crippen molar-refractivity contribution < 1.29 is 14.3 Å². The largest absolute Gasteiger partial charge is 0.452 e. The van der Waals surface area contributed by atoms with E-state index in [4.69, 9.17) is 27.9 Å². The van der Waals surface area contributed by atoms with Gasteiger partial charge in [0.05, 0.1) is 5.56 Å². The van der Waals surface area contributed by atoms with Gasteiger partial charge in [-0.25, -0.2) is 9.78 Å². The van der Waals surface area contributed by atoms with E-state index in [0.717, 1.165) is 5.56 Å². The fourth-order valence-electron chi connectivity index (χ4n) is 1.68. The van der Waals surface area contributed by atoms with Gasteiger partial charge in [-0.2, -0.15) is 0 Å². The minimum atomic E-state index is -0.712. The number of benzene rings is 1. The molecule has 22 heavy (non-hydrogen) atoms. The molecule has 0 aliphatic carbocycles. The molecule has 2 aromatic rings. The monoisotopic (exact) mass is 338 g/mol. The molecule has 1 amide bonds. The third-order valence-corrected chi connectivity index (χ3v) is 3.57. The summed E-state index contributed by atoms with van der Waals surface area (Å²) in [5, 5.41) is 3.19. The van der Waals surface area contributed by atoms with Crippen LogP contribution in [0.2, 0.25) is 10.2 Å². The maximum Gasteiger partial charge on any atom is 0.341 e. The molecule has 0 aliphatic heterocycles. The standard InChI is InChI=1S/C15H12Cl2N2O3/c1-9-11(16)5-2-6-12(9)19-13(20)8-22-15(21)10-4-3-7-18-14(10)17/h2-7H,8H2,1H3,(H,19,20). The van der Waals surface area contributed by atoms with Crippen molar-refractivity contribution in [2.45, 2.75) is 6.92 Å². The highest BCUT2D eigenvalue weighted by Crippen LogP contribution is 2.22. The van der Waals surface area contributed by atoms with Crippen molar-refractivity contribution in [3.63, 3.8) is 0 Å². The number of aromatic nitrogens is 1. The van der Waals surface area contributed by atoms with Crippen LogP contribution in [0.4, 0.5) is 5.69 Å². The van der Waals surface area contributed by atoms with Crippen LogP contribution in [0.3, 0.4) is 0 Å². The van der Waals surface area contributed by atoms with Crippen molar-refractivity contribution >= 4 is 40.8 Å². The summed E-state index contributed by atoms with van der Waals surface area (Å²) >= 11 is 11.7. The number of hydrogen-bond acceptors (Lipinski definition) is 4. The molecule has 1 heterocycles. The van der Waals surface area contributed by atoms with Crippen LogP contribution < -0.4 is 5.32 Å². The second-order valence-corrected chi connectivity index (χ2v) is 5.14.